The van der Waals surface area contributed by atoms with E-state index in [9.17, 15) is 4.79 Å². The van der Waals surface area contributed by atoms with Crippen molar-refractivity contribution in [2.45, 2.75) is 18.9 Å². The van der Waals surface area contributed by atoms with Gasteiger partial charge in [0, 0.05) is 48.0 Å². The van der Waals surface area contributed by atoms with Crippen molar-refractivity contribution in [2.24, 2.45) is 5.73 Å². The summed E-state index contributed by atoms with van der Waals surface area (Å²) in [5.74, 6) is 0.231. The third-order valence-corrected chi connectivity index (χ3v) is 7.11. The topological polar surface area (TPSA) is 99.8 Å². The lowest BCUT2D eigenvalue weighted by atomic mass is 10.0. The second-order valence-corrected chi connectivity index (χ2v) is 9.71. The van der Waals surface area contributed by atoms with Gasteiger partial charge in [-0.1, -0.05) is 12.1 Å². The number of carbonyl (C=O) groups excluding carboxylic acids is 1. The smallest absolute Gasteiger partial charge is 0.236 e. The van der Waals surface area contributed by atoms with Crippen molar-refractivity contribution < 1.29 is 9.53 Å². The highest BCUT2D eigenvalue weighted by Gasteiger charge is 2.24. The Bertz CT molecular complexity index is 1170. The molecule has 1 aromatic heterocycles. The molecule has 2 aliphatic rings. The van der Waals surface area contributed by atoms with Gasteiger partial charge in [-0.2, -0.15) is 0 Å². The Morgan fingerprint density at radius 3 is 2.41 bits per heavy atom. The highest BCUT2D eigenvalue weighted by atomic mass is 16.5. The van der Waals surface area contributed by atoms with Crippen LogP contribution in [-0.2, 0) is 9.53 Å². The normalized spacial score (nSPS) is 16.9. The van der Waals surface area contributed by atoms with Gasteiger partial charge in [-0.15, -0.1) is 0 Å². The van der Waals surface area contributed by atoms with Crippen molar-refractivity contribution in [3.05, 3.63) is 60.8 Å². The minimum atomic E-state index is -0.313. The maximum Gasteiger partial charge on any atom is 0.236 e. The molecule has 9 heteroatoms. The SMILES string of the molecule is CN1CCC(N(CC(N)=O)c2ccc(-c3ccnc(Nc4ccc(N5CCOCC5)cc4)n3)cc2)CC1. The minimum Gasteiger partial charge on any atom is -0.378 e. The second-order valence-electron chi connectivity index (χ2n) is 9.71. The van der Waals surface area contributed by atoms with Crippen LogP contribution in [0.15, 0.2) is 60.8 Å². The Morgan fingerprint density at radius 1 is 1.03 bits per heavy atom. The number of anilines is 4. The van der Waals surface area contributed by atoms with E-state index in [1.54, 1.807) is 6.20 Å². The first-order valence-electron chi connectivity index (χ1n) is 12.9. The Kier molecular flexibility index (Phi) is 7.82. The summed E-state index contributed by atoms with van der Waals surface area (Å²) >= 11 is 0. The number of amides is 1. The van der Waals surface area contributed by atoms with Crippen LogP contribution in [0.4, 0.5) is 23.0 Å². The van der Waals surface area contributed by atoms with Gasteiger partial charge in [0.1, 0.15) is 0 Å². The van der Waals surface area contributed by atoms with E-state index in [1.165, 1.54) is 5.69 Å². The predicted octanol–water partition coefficient (Wildman–Crippen LogP) is 3.11. The zero-order valence-corrected chi connectivity index (χ0v) is 21.3. The number of hydrogen-bond donors (Lipinski definition) is 2. The standard InChI is InChI=1S/C28H35N7O2/c1-33-14-11-25(12-15-33)35(20-27(29)36)24-6-2-21(3-7-24)26-10-13-30-28(32-26)31-22-4-8-23(9-5-22)34-16-18-37-19-17-34/h2-10,13,25H,11-12,14-20H2,1H3,(H2,29,36)(H,30,31,32). The molecule has 9 nitrogen and oxygen atoms in total. The molecule has 0 atom stereocenters. The number of likely N-dealkylation sites (tertiary alicyclic amines) is 1. The van der Waals surface area contributed by atoms with Crippen LogP contribution in [0.1, 0.15) is 12.8 Å². The molecule has 3 aromatic rings. The summed E-state index contributed by atoms with van der Waals surface area (Å²) in [6.45, 7) is 5.62. The van der Waals surface area contributed by atoms with Crippen LogP contribution in [0.2, 0.25) is 0 Å². The van der Waals surface area contributed by atoms with Gasteiger partial charge in [0.15, 0.2) is 0 Å². The number of carbonyl (C=O) groups is 1. The number of nitrogens with one attached hydrogen (secondary N) is 1. The number of morpholine rings is 1. The van der Waals surface area contributed by atoms with Gasteiger partial charge in [-0.05, 0) is 75.4 Å². The average Bonchev–Trinajstić information content (AvgIpc) is 2.93. The van der Waals surface area contributed by atoms with E-state index >= 15 is 0 Å². The van der Waals surface area contributed by atoms with Gasteiger partial charge in [-0.25, -0.2) is 9.97 Å². The summed E-state index contributed by atoms with van der Waals surface area (Å²) in [6, 6.07) is 18.7. The average molecular weight is 502 g/mol. The molecule has 3 heterocycles. The number of aromatic nitrogens is 2. The van der Waals surface area contributed by atoms with Crippen LogP contribution in [0.25, 0.3) is 11.3 Å². The van der Waals surface area contributed by atoms with Crippen molar-refractivity contribution >= 4 is 28.9 Å². The number of nitrogens with zero attached hydrogens (tertiary/aromatic N) is 5. The third kappa shape index (κ3) is 6.36. The summed E-state index contributed by atoms with van der Waals surface area (Å²) in [4.78, 5) is 27.7. The Morgan fingerprint density at radius 2 is 1.73 bits per heavy atom. The van der Waals surface area contributed by atoms with E-state index in [0.717, 1.165) is 74.9 Å². The van der Waals surface area contributed by atoms with Gasteiger partial charge in [0.25, 0.3) is 0 Å². The van der Waals surface area contributed by atoms with Crippen LogP contribution in [0.5, 0.6) is 0 Å². The lowest BCUT2D eigenvalue weighted by Gasteiger charge is -2.38. The van der Waals surface area contributed by atoms with Gasteiger partial charge < -0.3 is 30.5 Å². The third-order valence-electron chi connectivity index (χ3n) is 7.11. The number of hydrogen-bond acceptors (Lipinski definition) is 8. The van der Waals surface area contributed by atoms with Crippen LogP contribution in [-0.4, -0.2) is 79.8 Å². The number of piperidine rings is 1. The van der Waals surface area contributed by atoms with E-state index in [1.807, 2.05) is 30.3 Å². The molecule has 0 unspecified atom stereocenters. The quantitative estimate of drug-likeness (QED) is 0.486. The lowest BCUT2D eigenvalue weighted by molar-refractivity contribution is -0.116. The maximum absolute atomic E-state index is 11.8. The maximum atomic E-state index is 11.8. The zero-order valence-electron chi connectivity index (χ0n) is 21.3. The van der Waals surface area contributed by atoms with E-state index in [-0.39, 0.29) is 12.5 Å². The Balaban J connectivity index is 1.27. The molecule has 0 aliphatic carbocycles. The van der Waals surface area contributed by atoms with Crippen molar-refractivity contribution in [3.63, 3.8) is 0 Å². The minimum absolute atomic E-state index is 0.222. The molecule has 37 heavy (non-hydrogen) atoms. The molecular weight excluding hydrogens is 466 g/mol. The van der Waals surface area contributed by atoms with Crippen LogP contribution < -0.4 is 20.9 Å². The number of rotatable bonds is 8. The number of ether oxygens (including phenoxy) is 1. The predicted molar refractivity (Wildman–Crippen MR) is 147 cm³/mol. The fourth-order valence-electron chi connectivity index (χ4n) is 5.02. The molecule has 0 radical (unpaired) electrons. The highest BCUT2D eigenvalue weighted by Crippen LogP contribution is 2.27. The van der Waals surface area contributed by atoms with Gasteiger partial charge in [-0.3, -0.25) is 4.79 Å². The molecule has 0 spiro atoms. The van der Waals surface area contributed by atoms with Crippen LogP contribution in [0.3, 0.4) is 0 Å². The largest absolute Gasteiger partial charge is 0.378 e. The van der Waals surface area contributed by atoms with Crippen LogP contribution >= 0.6 is 0 Å². The van der Waals surface area contributed by atoms with E-state index in [4.69, 9.17) is 15.5 Å². The monoisotopic (exact) mass is 501 g/mol. The number of primary amides is 1. The summed E-state index contributed by atoms with van der Waals surface area (Å²) < 4.78 is 5.44. The molecule has 194 valence electrons. The lowest BCUT2D eigenvalue weighted by Crippen LogP contribution is -2.47. The molecule has 0 saturated carbocycles. The number of nitrogens with two attached hydrogens (primary N) is 1. The van der Waals surface area contributed by atoms with Crippen molar-refractivity contribution in [1.29, 1.82) is 0 Å². The van der Waals surface area contributed by atoms with Crippen LogP contribution in [0, 0.1) is 0 Å². The molecule has 5 rings (SSSR count). The molecule has 2 fully saturated rings. The van der Waals surface area contributed by atoms with Gasteiger partial charge >= 0.3 is 0 Å². The second kappa shape index (κ2) is 11.6. The summed E-state index contributed by atoms with van der Waals surface area (Å²) in [7, 11) is 2.13. The van der Waals surface area contributed by atoms with Crippen molar-refractivity contribution in [1.82, 2.24) is 14.9 Å². The fraction of sp³-hybridized carbons (Fsp3) is 0.393. The Labute approximate surface area is 218 Å². The van der Waals surface area contributed by atoms with Gasteiger partial charge in [0.2, 0.25) is 11.9 Å². The first-order chi connectivity index (χ1) is 18.0. The molecule has 1 amide bonds. The molecule has 2 aliphatic heterocycles. The van der Waals surface area contributed by atoms with Crippen molar-refractivity contribution in [2.75, 3.05) is 68.1 Å². The highest BCUT2D eigenvalue weighted by molar-refractivity contribution is 5.80. The van der Waals surface area contributed by atoms with Gasteiger partial charge in [0.05, 0.1) is 25.5 Å². The van der Waals surface area contributed by atoms with E-state index in [2.05, 4.69) is 56.3 Å². The summed E-state index contributed by atoms with van der Waals surface area (Å²) in [5, 5.41) is 3.31. The molecular formula is C28H35N7O2. The number of benzene rings is 2. The molecule has 0 bridgehead atoms. The van der Waals surface area contributed by atoms with Crippen molar-refractivity contribution in [3.8, 4) is 11.3 Å². The van der Waals surface area contributed by atoms with E-state index in [0.29, 0.717) is 12.0 Å². The fourth-order valence-corrected chi connectivity index (χ4v) is 5.02. The molecule has 3 N–H and O–H groups in total. The first kappa shape index (κ1) is 25.0. The van der Waals surface area contributed by atoms with E-state index < -0.39 is 0 Å². The molecule has 2 saturated heterocycles. The summed E-state index contributed by atoms with van der Waals surface area (Å²) in [5.41, 5.74) is 10.5. The first-order valence-corrected chi connectivity index (χ1v) is 12.9. The molecule has 2 aromatic carbocycles. The zero-order chi connectivity index (χ0) is 25.6. The summed E-state index contributed by atoms with van der Waals surface area (Å²) in [6.07, 6.45) is 3.79. The Hall–Kier alpha value is -3.69.